The Hall–Kier alpha value is -2.05. The molecule has 1 fully saturated rings. The van der Waals surface area contributed by atoms with Crippen molar-refractivity contribution in [3.63, 3.8) is 0 Å². The lowest BCUT2D eigenvalue weighted by molar-refractivity contribution is -0.143. The van der Waals surface area contributed by atoms with Gasteiger partial charge in [0.1, 0.15) is 19.7 Å². The van der Waals surface area contributed by atoms with Gasteiger partial charge in [0.05, 0.1) is 5.50 Å². The van der Waals surface area contributed by atoms with Crippen molar-refractivity contribution in [1.82, 2.24) is 15.0 Å². The van der Waals surface area contributed by atoms with Gasteiger partial charge in [-0.3, -0.25) is 0 Å². The van der Waals surface area contributed by atoms with E-state index in [1.54, 1.807) is 0 Å². The van der Waals surface area contributed by atoms with Gasteiger partial charge in [-0.25, -0.2) is 13.2 Å². The number of nitrogens with one attached hydrogen (secondary N) is 2. The molecule has 1 aromatic heterocycles. The summed E-state index contributed by atoms with van der Waals surface area (Å²) in [6.45, 7) is 1.31. The van der Waals surface area contributed by atoms with E-state index >= 15 is 0 Å². The van der Waals surface area contributed by atoms with Gasteiger partial charge in [0.25, 0.3) is 5.92 Å². The Morgan fingerprint density at radius 2 is 1.81 bits per heavy atom. The maximum Gasteiger partial charge on any atom is 0.408 e. The van der Waals surface area contributed by atoms with Crippen LogP contribution in [0.5, 0.6) is 0 Å². The van der Waals surface area contributed by atoms with Crippen LogP contribution in [0.1, 0.15) is 57.7 Å². The number of anilines is 2. The van der Waals surface area contributed by atoms with Gasteiger partial charge in [0.2, 0.25) is 11.9 Å². The van der Waals surface area contributed by atoms with Gasteiger partial charge >= 0.3 is 6.18 Å². The number of aliphatic hydroxyl groups is 1. The molecule has 1 unspecified atom stereocenters. The fourth-order valence-corrected chi connectivity index (χ4v) is 3.54. The second-order valence-electron chi connectivity index (χ2n) is 7.98. The Morgan fingerprint density at radius 1 is 1.16 bits per heavy atom. The molecule has 3 rings (SSSR count). The Balaban J connectivity index is 1.98. The van der Waals surface area contributed by atoms with Crippen LogP contribution in [-0.2, 0) is 0 Å². The number of hydrogen-bond donors (Lipinski definition) is 3. The average Bonchev–Trinajstić information content (AvgIpc) is 2.75. The molecule has 31 heavy (non-hydrogen) atoms. The largest absolute Gasteiger partial charge is 0.408 e. The molecule has 2 aliphatic carbocycles. The van der Waals surface area contributed by atoms with Gasteiger partial charge in [-0.1, -0.05) is 13.3 Å². The molecule has 1 aromatic rings. The van der Waals surface area contributed by atoms with Gasteiger partial charge < -0.3 is 15.7 Å². The predicted molar refractivity (Wildman–Crippen MR) is 102 cm³/mol. The first-order valence-corrected chi connectivity index (χ1v) is 9.95. The number of hydrogen-bond acceptors (Lipinski definition) is 6. The van der Waals surface area contributed by atoms with E-state index in [-0.39, 0.29) is 36.6 Å². The maximum atomic E-state index is 14.9. The van der Waals surface area contributed by atoms with Crippen molar-refractivity contribution in [3.8, 4) is 0 Å². The van der Waals surface area contributed by atoms with Crippen LogP contribution in [0, 0.1) is 0 Å². The van der Waals surface area contributed by atoms with Gasteiger partial charge in [0, 0.05) is 24.5 Å². The van der Waals surface area contributed by atoms with Gasteiger partial charge in [-0.2, -0.15) is 28.1 Å². The molecule has 0 aromatic carbocycles. The van der Waals surface area contributed by atoms with E-state index in [1.165, 1.54) is 6.92 Å². The first-order valence-electron chi connectivity index (χ1n) is 9.95. The molecule has 3 N–H and O–H groups in total. The topological polar surface area (TPSA) is 83.0 Å². The minimum atomic E-state index is -4.60. The Labute approximate surface area is 176 Å². The highest BCUT2D eigenvalue weighted by molar-refractivity contribution is 6.17. The molecule has 170 valence electrons. The second-order valence-corrected chi connectivity index (χ2v) is 7.98. The molecular weight excluding hydrogens is 427 g/mol. The molecule has 0 spiro atoms. The molecule has 0 bridgehead atoms. The van der Waals surface area contributed by atoms with E-state index in [0.29, 0.717) is 12.8 Å². The van der Waals surface area contributed by atoms with Gasteiger partial charge in [0.15, 0.2) is 5.82 Å². The number of aromatic nitrogens is 3. The van der Waals surface area contributed by atoms with Crippen LogP contribution in [-0.4, -0.2) is 57.6 Å². The quantitative estimate of drug-likeness (QED) is 0.451. The molecule has 0 aliphatic heterocycles. The van der Waals surface area contributed by atoms with Crippen molar-refractivity contribution in [1.29, 1.82) is 0 Å². The molecule has 0 saturated heterocycles. The summed E-state index contributed by atoms with van der Waals surface area (Å²) in [5, 5.41) is 14.9. The molecule has 2 atom stereocenters. The second kappa shape index (κ2) is 8.48. The van der Waals surface area contributed by atoms with Crippen LogP contribution in [0.25, 0.3) is 5.57 Å². The summed E-state index contributed by atoms with van der Waals surface area (Å²) in [6.07, 6.45) is -5.02. The van der Waals surface area contributed by atoms with Crippen molar-refractivity contribution in [2.45, 2.75) is 81.6 Å². The molecule has 2 radical (unpaired) electrons. The fourth-order valence-electron chi connectivity index (χ4n) is 3.54. The summed E-state index contributed by atoms with van der Waals surface area (Å²) in [7, 11) is 5.61. The number of halogens is 6. The van der Waals surface area contributed by atoms with Crippen LogP contribution in [0.3, 0.4) is 0 Å². The minimum absolute atomic E-state index is 0.0488. The SMILES string of the molecule is [B]C1(O)CCCCC(c2nc(NC3CC(F)(F)C3)nc(N[C@H](CC)C(F)(F)F)n2)=C1F. The van der Waals surface area contributed by atoms with Crippen LogP contribution >= 0.6 is 0 Å². The Kier molecular flexibility index (Phi) is 6.46. The monoisotopic (exact) mass is 449 g/mol. The Bertz CT molecular complexity index is 839. The van der Waals surface area contributed by atoms with Crippen molar-refractivity contribution in [2.75, 3.05) is 10.6 Å². The van der Waals surface area contributed by atoms with Gasteiger partial charge in [-0.15, -0.1) is 0 Å². The Morgan fingerprint density at radius 3 is 2.39 bits per heavy atom. The van der Waals surface area contributed by atoms with E-state index in [4.69, 9.17) is 7.85 Å². The molecule has 6 nitrogen and oxygen atoms in total. The first-order chi connectivity index (χ1) is 14.3. The third-order valence-electron chi connectivity index (χ3n) is 5.32. The van der Waals surface area contributed by atoms with Crippen LogP contribution < -0.4 is 10.6 Å². The maximum absolute atomic E-state index is 14.9. The lowest BCUT2D eigenvalue weighted by atomic mass is 9.76. The van der Waals surface area contributed by atoms with E-state index in [1.807, 2.05) is 0 Å². The summed E-state index contributed by atoms with van der Waals surface area (Å²) < 4.78 is 80.7. The van der Waals surface area contributed by atoms with E-state index in [0.717, 1.165) is 0 Å². The van der Waals surface area contributed by atoms with E-state index in [9.17, 15) is 31.4 Å². The summed E-state index contributed by atoms with van der Waals surface area (Å²) in [6, 6.07) is -2.68. The van der Waals surface area contributed by atoms with Crippen LogP contribution in [0.15, 0.2) is 5.83 Å². The van der Waals surface area contributed by atoms with E-state index < -0.39 is 54.3 Å². The zero-order valence-electron chi connectivity index (χ0n) is 16.7. The number of alkyl halides is 5. The standard InChI is InChI=1S/C18H22BF6N5O/c1-2-11(18(23,24)25)27-15-29-13(10-5-3-4-6-17(19,31)12(10)20)28-14(30-15)26-9-7-16(21,22)8-9/h9,11,31H,2-8H2,1H3,(H2,26,27,28,29,30)/t11-,17?/m1/s1. The summed E-state index contributed by atoms with van der Waals surface area (Å²) in [5.74, 6) is -5.00. The normalized spacial score (nSPS) is 25.5. The summed E-state index contributed by atoms with van der Waals surface area (Å²) in [5.41, 5.74) is -2.41. The summed E-state index contributed by atoms with van der Waals surface area (Å²) in [4.78, 5) is 11.8. The average molecular weight is 449 g/mol. The highest BCUT2D eigenvalue weighted by Crippen LogP contribution is 2.39. The first kappa shape index (κ1) is 23.6. The molecule has 2 aliphatic rings. The molecular formula is C18H22BF6N5O. The highest BCUT2D eigenvalue weighted by atomic mass is 19.4. The molecule has 0 amide bonds. The highest BCUT2D eigenvalue weighted by Gasteiger charge is 2.46. The third-order valence-corrected chi connectivity index (χ3v) is 5.32. The van der Waals surface area contributed by atoms with Crippen molar-refractivity contribution >= 4 is 25.3 Å². The van der Waals surface area contributed by atoms with Crippen molar-refractivity contribution in [2.24, 2.45) is 0 Å². The van der Waals surface area contributed by atoms with Crippen molar-refractivity contribution < 1.29 is 31.4 Å². The summed E-state index contributed by atoms with van der Waals surface area (Å²) >= 11 is 0. The minimum Gasteiger partial charge on any atom is -0.393 e. The lowest BCUT2D eigenvalue weighted by Crippen LogP contribution is -2.44. The predicted octanol–water partition coefficient (Wildman–Crippen LogP) is 3.95. The molecule has 1 saturated carbocycles. The van der Waals surface area contributed by atoms with Gasteiger partial charge in [-0.05, 0) is 25.7 Å². The zero-order chi connectivity index (χ0) is 23.0. The number of allylic oxidation sites excluding steroid dienone is 1. The number of nitrogens with zero attached hydrogens (tertiary/aromatic N) is 3. The molecule has 13 heteroatoms. The number of rotatable bonds is 6. The zero-order valence-corrected chi connectivity index (χ0v) is 16.7. The smallest absolute Gasteiger partial charge is 0.393 e. The third kappa shape index (κ3) is 5.61. The van der Waals surface area contributed by atoms with Crippen LogP contribution in [0.2, 0.25) is 0 Å². The molecule has 1 heterocycles. The van der Waals surface area contributed by atoms with E-state index in [2.05, 4.69) is 25.6 Å². The lowest BCUT2D eigenvalue weighted by Gasteiger charge is -2.35. The fraction of sp³-hybridized carbons (Fsp3) is 0.722. The van der Waals surface area contributed by atoms with Crippen molar-refractivity contribution in [3.05, 3.63) is 11.7 Å². The van der Waals surface area contributed by atoms with Crippen LogP contribution in [0.4, 0.5) is 38.2 Å².